The number of amides is 2. The average molecular weight is 346 g/mol. The number of rotatable bonds is 6. The molecule has 1 aliphatic rings. The van der Waals surface area contributed by atoms with Gasteiger partial charge in [-0.25, -0.2) is 9.97 Å². The van der Waals surface area contributed by atoms with Crippen molar-refractivity contribution in [1.82, 2.24) is 20.2 Å². The summed E-state index contributed by atoms with van der Waals surface area (Å²) < 4.78 is 0. The summed E-state index contributed by atoms with van der Waals surface area (Å²) in [6.45, 7) is 11.9. The van der Waals surface area contributed by atoms with E-state index in [9.17, 15) is 9.59 Å². The van der Waals surface area contributed by atoms with Crippen LogP contribution in [-0.2, 0) is 16.0 Å². The van der Waals surface area contributed by atoms with Gasteiger partial charge in [0.25, 0.3) is 0 Å². The van der Waals surface area contributed by atoms with Crippen LogP contribution in [0.15, 0.2) is 0 Å². The van der Waals surface area contributed by atoms with Crippen LogP contribution in [0, 0.1) is 19.8 Å². The van der Waals surface area contributed by atoms with Gasteiger partial charge in [0.2, 0.25) is 11.8 Å². The maximum Gasteiger partial charge on any atom is 0.225 e. The number of carbonyl (C=O) groups excluding carboxylic acids is 2. The topological polar surface area (TPSA) is 75.2 Å². The fraction of sp³-hybridized carbons (Fsp3) is 0.684. The van der Waals surface area contributed by atoms with Gasteiger partial charge in [0.05, 0.1) is 6.42 Å². The first-order valence-electron chi connectivity index (χ1n) is 9.23. The number of likely N-dealkylation sites (tertiary alicyclic amines) is 1. The number of aromatic nitrogens is 2. The van der Waals surface area contributed by atoms with Crippen molar-refractivity contribution in [2.75, 3.05) is 19.6 Å². The molecule has 1 fully saturated rings. The van der Waals surface area contributed by atoms with E-state index in [2.05, 4.69) is 15.3 Å². The maximum absolute atomic E-state index is 12.2. The molecule has 2 heterocycles. The van der Waals surface area contributed by atoms with E-state index in [4.69, 9.17) is 0 Å². The molecule has 25 heavy (non-hydrogen) atoms. The first kappa shape index (κ1) is 19.3. The van der Waals surface area contributed by atoms with E-state index in [1.165, 1.54) is 0 Å². The number of aryl methyl sites for hydroxylation is 2. The zero-order valence-corrected chi connectivity index (χ0v) is 16.1. The number of hydrogen-bond donors (Lipinski definition) is 1. The SMILES string of the molecule is CCCNC(=O)Cc1c(C)nc([C@@H]2CCN(C(=O)C(C)C)C2)nc1C. The Bertz CT molecular complexity index is 619. The lowest BCUT2D eigenvalue weighted by molar-refractivity contribution is -0.133. The molecule has 1 N–H and O–H groups in total. The molecule has 6 nitrogen and oxygen atoms in total. The van der Waals surface area contributed by atoms with Crippen molar-refractivity contribution in [1.29, 1.82) is 0 Å². The van der Waals surface area contributed by atoms with Gasteiger partial charge in [-0.2, -0.15) is 0 Å². The summed E-state index contributed by atoms with van der Waals surface area (Å²) in [4.78, 5) is 35.4. The van der Waals surface area contributed by atoms with Gasteiger partial charge < -0.3 is 10.2 Å². The molecule has 0 bridgehead atoms. The minimum atomic E-state index is 0.0129. The summed E-state index contributed by atoms with van der Waals surface area (Å²) in [6.07, 6.45) is 2.14. The van der Waals surface area contributed by atoms with Crippen LogP contribution in [0.1, 0.15) is 62.3 Å². The molecule has 1 aliphatic heterocycles. The molecule has 0 unspecified atom stereocenters. The van der Waals surface area contributed by atoms with Crippen LogP contribution in [-0.4, -0.2) is 46.3 Å². The highest BCUT2D eigenvalue weighted by Crippen LogP contribution is 2.27. The third-order valence-corrected chi connectivity index (χ3v) is 4.71. The number of nitrogens with zero attached hydrogens (tertiary/aromatic N) is 3. The van der Waals surface area contributed by atoms with Gasteiger partial charge >= 0.3 is 0 Å². The van der Waals surface area contributed by atoms with Gasteiger partial charge in [-0.1, -0.05) is 20.8 Å². The lowest BCUT2D eigenvalue weighted by Gasteiger charge is -2.19. The van der Waals surface area contributed by atoms with Crippen LogP contribution in [0.2, 0.25) is 0 Å². The van der Waals surface area contributed by atoms with Gasteiger partial charge in [-0.15, -0.1) is 0 Å². The Balaban J connectivity index is 2.09. The van der Waals surface area contributed by atoms with Gasteiger partial charge in [-0.3, -0.25) is 9.59 Å². The van der Waals surface area contributed by atoms with E-state index in [-0.39, 0.29) is 23.7 Å². The Morgan fingerprint density at radius 2 is 1.88 bits per heavy atom. The highest BCUT2D eigenvalue weighted by Gasteiger charge is 2.30. The fourth-order valence-electron chi connectivity index (χ4n) is 3.23. The first-order chi connectivity index (χ1) is 11.8. The predicted molar refractivity (Wildman–Crippen MR) is 97.3 cm³/mol. The highest BCUT2D eigenvalue weighted by atomic mass is 16.2. The first-order valence-corrected chi connectivity index (χ1v) is 9.23. The summed E-state index contributed by atoms with van der Waals surface area (Å²) in [5, 5.41) is 2.90. The van der Waals surface area contributed by atoms with Crippen LogP contribution >= 0.6 is 0 Å². The molecule has 0 aromatic carbocycles. The third-order valence-electron chi connectivity index (χ3n) is 4.71. The van der Waals surface area contributed by atoms with Crippen LogP contribution in [0.4, 0.5) is 0 Å². The zero-order chi connectivity index (χ0) is 18.6. The summed E-state index contributed by atoms with van der Waals surface area (Å²) in [7, 11) is 0. The monoisotopic (exact) mass is 346 g/mol. The van der Waals surface area contributed by atoms with Gasteiger partial charge in [0.15, 0.2) is 0 Å². The quantitative estimate of drug-likeness (QED) is 0.856. The van der Waals surface area contributed by atoms with Crippen molar-refractivity contribution in [3.05, 3.63) is 22.8 Å². The van der Waals surface area contributed by atoms with E-state index in [1.807, 2.05) is 39.5 Å². The molecule has 6 heteroatoms. The summed E-state index contributed by atoms with van der Waals surface area (Å²) in [6, 6.07) is 0. The summed E-state index contributed by atoms with van der Waals surface area (Å²) >= 11 is 0. The van der Waals surface area contributed by atoms with E-state index in [1.54, 1.807) is 0 Å². The molecule has 1 atom stereocenters. The van der Waals surface area contributed by atoms with Gasteiger partial charge in [0, 0.05) is 48.4 Å². The molecule has 2 amide bonds. The number of carbonyl (C=O) groups is 2. The van der Waals surface area contributed by atoms with E-state index in [0.29, 0.717) is 19.5 Å². The Morgan fingerprint density at radius 3 is 2.44 bits per heavy atom. The molecular formula is C19H30N4O2. The second-order valence-electron chi connectivity index (χ2n) is 7.18. The molecule has 0 aliphatic carbocycles. The number of nitrogens with one attached hydrogen (secondary N) is 1. The van der Waals surface area contributed by atoms with Crippen LogP contribution in [0.3, 0.4) is 0 Å². The van der Waals surface area contributed by atoms with Crippen molar-refractivity contribution in [2.24, 2.45) is 5.92 Å². The fourth-order valence-corrected chi connectivity index (χ4v) is 3.23. The molecule has 0 radical (unpaired) electrons. The molecule has 138 valence electrons. The van der Waals surface area contributed by atoms with Crippen LogP contribution < -0.4 is 5.32 Å². The van der Waals surface area contributed by atoms with Crippen molar-refractivity contribution >= 4 is 11.8 Å². The van der Waals surface area contributed by atoms with E-state index < -0.39 is 0 Å². The lowest BCUT2D eigenvalue weighted by atomic mass is 10.0. The zero-order valence-electron chi connectivity index (χ0n) is 16.1. The molecular weight excluding hydrogens is 316 g/mol. The van der Waals surface area contributed by atoms with Crippen molar-refractivity contribution in [3.8, 4) is 0 Å². The van der Waals surface area contributed by atoms with E-state index >= 15 is 0 Å². The normalized spacial score (nSPS) is 17.2. The Morgan fingerprint density at radius 1 is 1.24 bits per heavy atom. The second kappa shape index (κ2) is 8.41. The minimum absolute atomic E-state index is 0.0129. The standard InChI is InChI=1S/C19H30N4O2/c1-6-8-20-17(24)10-16-13(4)21-18(22-14(16)5)15-7-9-23(11-15)19(25)12(2)3/h12,15H,6-11H2,1-5H3,(H,20,24)/t15-/m1/s1. The Kier molecular flexibility index (Phi) is 6.51. The Labute approximate surface area is 150 Å². The van der Waals surface area contributed by atoms with E-state index in [0.717, 1.165) is 42.2 Å². The van der Waals surface area contributed by atoms with Crippen molar-refractivity contribution in [2.45, 2.75) is 59.8 Å². The van der Waals surface area contributed by atoms with Crippen molar-refractivity contribution < 1.29 is 9.59 Å². The number of hydrogen-bond acceptors (Lipinski definition) is 4. The molecule has 2 rings (SSSR count). The molecule has 1 aromatic heterocycles. The van der Waals surface area contributed by atoms with Gasteiger partial charge in [0.1, 0.15) is 5.82 Å². The van der Waals surface area contributed by atoms with Crippen molar-refractivity contribution in [3.63, 3.8) is 0 Å². The molecule has 0 spiro atoms. The second-order valence-corrected chi connectivity index (χ2v) is 7.18. The molecule has 0 saturated carbocycles. The largest absolute Gasteiger partial charge is 0.356 e. The highest BCUT2D eigenvalue weighted by molar-refractivity contribution is 5.79. The van der Waals surface area contributed by atoms with Crippen LogP contribution in [0.25, 0.3) is 0 Å². The van der Waals surface area contributed by atoms with Crippen LogP contribution in [0.5, 0.6) is 0 Å². The maximum atomic E-state index is 12.2. The Hall–Kier alpha value is -1.98. The molecule has 1 saturated heterocycles. The van der Waals surface area contributed by atoms with Gasteiger partial charge in [-0.05, 0) is 26.7 Å². The lowest BCUT2D eigenvalue weighted by Crippen LogP contribution is -2.32. The predicted octanol–water partition coefficient (Wildman–Crippen LogP) is 2.13. The summed E-state index contributed by atoms with van der Waals surface area (Å²) in [5.41, 5.74) is 2.64. The molecule has 1 aromatic rings. The minimum Gasteiger partial charge on any atom is -0.356 e. The average Bonchev–Trinajstić information content (AvgIpc) is 3.05. The third kappa shape index (κ3) is 4.77. The smallest absolute Gasteiger partial charge is 0.225 e. The summed E-state index contributed by atoms with van der Waals surface area (Å²) in [5.74, 6) is 1.21.